The SMILES string of the molecule is C=CCCOc1cccc(Cl)c1[N+](=O)[O-]. The van der Waals surface area contributed by atoms with Gasteiger partial charge in [-0.15, -0.1) is 6.58 Å². The predicted octanol–water partition coefficient (Wildman–Crippen LogP) is 3.20. The molecule has 0 unspecified atom stereocenters. The quantitative estimate of drug-likeness (QED) is 0.336. The second-order valence-electron chi connectivity index (χ2n) is 2.77. The third kappa shape index (κ3) is 2.95. The lowest BCUT2D eigenvalue weighted by Gasteiger charge is -2.05. The molecule has 0 bridgehead atoms. The highest BCUT2D eigenvalue weighted by molar-refractivity contribution is 6.32. The third-order valence-electron chi connectivity index (χ3n) is 1.71. The summed E-state index contributed by atoms with van der Waals surface area (Å²) in [5.74, 6) is 0.189. The summed E-state index contributed by atoms with van der Waals surface area (Å²) in [5, 5.41) is 10.8. The Labute approximate surface area is 92.3 Å². The van der Waals surface area contributed by atoms with Gasteiger partial charge in [-0.1, -0.05) is 23.7 Å². The highest BCUT2D eigenvalue weighted by atomic mass is 35.5. The van der Waals surface area contributed by atoms with E-state index in [0.717, 1.165) is 0 Å². The number of ether oxygens (including phenoxy) is 1. The average molecular weight is 228 g/mol. The highest BCUT2D eigenvalue weighted by Gasteiger charge is 2.19. The summed E-state index contributed by atoms with van der Waals surface area (Å²) in [4.78, 5) is 10.1. The molecule has 0 radical (unpaired) electrons. The summed E-state index contributed by atoms with van der Waals surface area (Å²) in [6, 6.07) is 4.59. The van der Waals surface area contributed by atoms with Crippen molar-refractivity contribution in [2.24, 2.45) is 0 Å². The van der Waals surface area contributed by atoms with Gasteiger partial charge < -0.3 is 4.74 Å². The van der Waals surface area contributed by atoms with Crippen LogP contribution in [-0.2, 0) is 0 Å². The number of hydrogen-bond acceptors (Lipinski definition) is 3. The smallest absolute Gasteiger partial charge is 0.329 e. The van der Waals surface area contributed by atoms with E-state index in [1.54, 1.807) is 12.1 Å². The Kier molecular flexibility index (Phi) is 4.12. The van der Waals surface area contributed by atoms with Gasteiger partial charge in [0, 0.05) is 0 Å². The normalized spacial score (nSPS) is 9.67. The molecule has 15 heavy (non-hydrogen) atoms. The first-order valence-electron chi connectivity index (χ1n) is 4.33. The molecular formula is C10H10ClNO3. The van der Waals surface area contributed by atoms with E-state index in [4.69, 9.17) is 16.3 Å². The molecule has 0 aromatic heterocycles. The van der Waals surface area contributed by atoms with Crippen molar-refractivity contribution in [2.45, 2.75) is 6.42 Å². The molecule has 0 atom stereocenters. The Morgan fingerprint density at radius 1 is 1.60 bits per heavy atom. The largest absolute Gasteiger partial charge is 0.486 e. The highest BCUT2D eigenvalue weighted by Crippen LogP contribution is 2.34. The number of hydrogen-bond donors (Lipinski definition) is 0. The van der Waals surface area contributed by atoms with Crippen LogP contribution in [-0.4, -0.2) is 11.5 Å². The van der Waals surface area contributed by atoms with Gasteiger partial charge in [0.15, 0.2) is 5.75 Å². The third-order valence-corrected chi connectivity index (χ3v) is 2.02. The minimum atomic E-state index is -0.550. The zero-order chi connectivity index (χ0) is 11.3. The number of nitro groups is 1. The monoisotopic (exact) mass is 227 g/mol. The van der Waals surface area contributed by atoms with Crippen molar-refractivity contribution >= 4 is 17.3 Å². The fraction of sp³-hybridized carbons (Fsp3) is 0.200. The average Bonchev–Trinajstić information content (AvgIpc) is 2.17. The molecule has 0 spiro atoms. The predicted molar refractivity (Wildman–Crippen MR) is 58.4 cm³/mol. The second kappa shape index (κ2) is 5.36. The molecule has 0 N–H and O–H groups in total. The maximum absolute atomic E-state index is 10.7. The molecule has 1 aromatic rings. The zero-order valence-electron chi connectivity index (χ0n) is 7.98. The first kappa shape index (κ1) is 11.5. The Morgan fingerprint density at radius 2 is 2.33 bits per heavy atom. The molecule has 0 aliphatic rings. The summed E-state index contributed by atoms with van der Waals surface area (Å²) < 4.78 is 5.22. The molecule has 0 fully saturated rings. The Hall–Kier alpha value is -1.55. The van der Waals surface area contributed by atoms with Crippen LogP contribution >= 0.6 is 11.6 Å². The van der Waals surface area contributed by atoms with Crippen LogP contribution in [0.25, 0.3) is 0 Å². The summed E-state index contributed by atoms with van der Waals surface area (Å²) in [6.45, 7) is 3.88. The summed E-state index contributed by atoms with van der Waals surface area (Å²) in [7, 11) is 0. The first-order valence-corrected chi connectivity index (χ1v) is 4.71. The van der Waals surface area contributed by atoms with Crippen molar-refractivity contribution in [3.05, 3.63) is 46.0 Å². The van der Waals surface area contributed by atoms with Crippen molar-refractivity contribution < 1.29 is 9.66 Å². The van der Waals surface area contributed by atoms with Crippen LogP contribution in [0.5, 0.6) is 5.75 Å². The molecular weight excluding hydrogens is 218 g/mol. The number of benzene rings is 1. The van der Waals surface area contributed by atoms with Crippen LogP contribution in [0.4, 0.5) is 5.69 Å². The fourth-order valence-corrected chi connectivity index (χ4v) is 1.28. The molecule has 80 valence electrons. The molecule has 0 saturated heterocycles. The minimum Gasteiger partial charge on any atom is -0.486 e. The van der Waals surface area contributed by atoms with Gasteiger partial charge in [-0.3, -0.25) is 10.1 Å². The lowest BCUT2D eigenvalue weighted by molar-refractivity contribution is -0.385. The van der Waals surface area contributed by atoms with E-state index in [9.17, 15) is 10.1 Å². The van der Waals surface area contributed by atoms with Crippen LogP contribution in [0, 0.1) is 10.1 Å². The molecule has 0 saturated carbocycles. The molecule has 0 amide bonds. The van der Waals surface area contributed by atoms with Crippen LogP contribution in [0.15, 0.2) is 30.9 Å². The summed E-state index contributed by atoms with van der Waals surface area (Å²) in [6.07, 6.45) is 2.31. The van der Waals surface area contributed by atoms with Gasteiger partial charge in [0.05, 0.1) is 11.5 Å². The Bertz CT molecular complexity index is 379. The van der Waals surface area contributed by atoms with Crippen molar-refractivity contribution in [2.75, 3.05) is 6.61 Å². The summed E-state index contributed by atoms with van der Waals surface area (Å²) in [5.41, 5.74) is -0.191. The van der Waals surface area contributed by atoms with Crippen molar-refractivity contribution in [1.82, 2.24) is 0 Å². The van der Waals surface area contributed by atoms with Crippen molar-refractivity contribution in [1.29, 1.82) is 0 Å². The van der Waals surface area contributed by atoms with Crippen LogP contribution < -0.4 is 4.74 Å². The first-order chi connectivity index (χ1) is 7.16. The number of nitro benzene ring substituents is 1. The topological polar surface area (TPSA) is 52.4 Å². The lowest BCUT2D eigenvalue weighted by atomic mass is 10.3. The van der Waals surface area contributed by atoms with E-state index in [0.29, 0.717) is 13.0 Å². The van der Waals surface area contributed by atoms with Crippen LogP contribution in [0.3, 0.4) is 0 Å². The fourth-order valence-electron chi connectivity index (χ4n) is 1.04. The van der Waals surface area contributed by atoms with Crippen LogP contribution in [0.1, 0.15) is 6.42 Å². The summed E-state index contributed by atoms with van der Waals surface area (Å²) >= 11 is 5.70. The molecule has 0 aliphatic heterocycles. The Balaban J connectivity index is 2.90. The van der Waals surface area contributed by atoms with Gasteiger partial charge in [0.25, 0.3) is 0 Å². The minimum absolute atomic E-state index is 0.0797. The van der Waals surface area contributed by atoms with Gasteiger partial charge in [0.1, 0.15) is 5.02 Å². The van der Waals surface area contributed by atoms with Gasteiger partial charge >= 0.3 is 5.69 Å². The van der Waals surface area contributed by atoms with E-state index in [2.05, 4.69) is 6.58 Å². The number of halogens is 1. The van der Waals surface area contributed by atoms with Crippen molar-refractivity contribution in [3.8, 4) is 5.75 Å². The van der Waals surface area contributed by atoms with E-state index in [1.165, 1.54) is 12.1 Å². The lowest BCUT2D eigenvalue weighted by Crippen LogP contribution is -1.99. The van der Waals surface area contributed by atoms with E-state index in [-0.39, 0.29) is 16.5 Å². The number of rotatable bonds is 5. The zero-order valence-corrected chi connectivity index (χ0v) is 8.74. The molecule has 0 aliphatic carbocycles. The van der Waals surface area contributed by atoms with Crippen LogP contribution in [0.2, 0.25) is 5.02 Å². The standard InChI is InChI=1S/C10H10ClNO3/c1-2-3-7-15-9-6-4-5-8(11)10(9)12(13)14/h2,4-6H,1,3,7H2. The molecule has 5 heteroatoms. The molecule has 1 aromatic carbocycles. The van der Waals surface area contributed by atoms with E-state index >= 15 is 0 Å². The maximum atomic E-state index is 10.7. The van der Waals surface area contributed by atoms with E-state index in [1.807, 2.05) is 0 Å². The molecule has 1 rings (SSSR count). The van der Waals surface area contributed by atoms with Gasteiger partial charge in [0.2, 0.25) is 0 Å². The van der Waals surface area contributed by atoms with Gasteiger partial charge in [-0.2, -0.15) is 0 Å². The second-order valence-corrected chi connectivity index (χ2v) is 3.18. The number of nitrogens with zero attached hydrogens (tertiary/aromatic N) is 1. The van der Waals surface area contributed by atoms with Crippen molar-refractivity contribution in [3.63, 3.8) is 0 Å². The molecule has 4 nitrogen and oxygen atoms in total. The van der Waals surface area contributed by atoms with E-state index < -0.39 is 4.92 Å². The Morgan fingerprint density at radius 3 is 2.93 bits per heavy atom. The van der Waals surface area contributed by atoms with Gasteiger partial charge in [-0.05, 0) is 18.6 Å². The number of para-hydroxylation sites is 1. The molecule has 0 heterocycles. The maximum Gasteiger partial charge on any atom is 0.329 e. The van der Waals surface area contributed by atoms with Gasteiger partial charge in [-0.25, -0.2) is 0 Å².